The molecule has 3 nitrogen and oxygen atoms in total. The molecule has 0 bridgehead atoms. The number of thiophene rings is 1. The molecule has 0 atom stereocenters. The van der Waals surface area contributed by atoms with Gasteiger partial charge in [0.2, 0.25) is 0 Å². The summed E-state index contributed by atoms with van der Waals surface area (Å²) in [5.41, 5.74) is 9.04. The monoisotopic (exact) mass is 657 g/mol. The Balaban J connectivity index is 1.19. The van der Waals surface area contributed by atoms with Crippen molar-refractivity contribution in [3.8, 4) is 11.1 Å². The van der Waals surface area contributed by atoms with E-state index in [2.05, 4.69) is 150 Å². The van der Waals surface area contributed by atoms with Crippen molar-refractivity contribution >= 4 is 103 Å². The molecule has 0 spiro atoms. The van der Waals surface area contributed by atoms with E-state index in [4.69, 9.17) is 8.83 Å². The highest BCUT2D eigenvalue weighted by atomic mass is 32.1. The first kappa shape index (κ1) is 27.6. The van der Waals surface area contributed by atoms with Crippen molar-refractivity contribution in [2.75, 3.05) is 4.90 Å². The number of rotatable bonds is 4. The number of hydrogen-bond donors (Lipinski definition) is 0. The number of anilines is 3. The summed E-state index contributed by atoms with van der Waals surface area (Å²) in [6, 6.07) is 58.3. The van der Waals surface area contributed by atoms with Crippen LogP contribution in [0.1, 0.15) is 0 Å². The van der Waals surface area contributed by atoms with Crippen LogP contribution in [0.5, 0.6) is 0 Å². The summed E-state index contributed by atoms with van der Waals surface area (Å²) in [6.45, 7) is 0. The second-order valence-corrected chi connectivity index (χ2v) is 13.9. The second-order valence-electron chi connectivity index (χ2n) is 12.9. The Morgan fingerprint density at radius 3 is 1.84 bits per heavy atom. The minimum absolute atomic E-state index is 0.859. The summed E-state index contributed by atoms with van der Waals surface area (Å²) in [6.07, 6.45) is 0. The first-order valence-corrected chi connectivity index (χ1v) is 17.7. The van der Waals surface area contributed by atoms with Gasteiger partial charge in [0.25, 0.3) is 0 Å². The molecule has 0 saturated heterocycles. The molecule has 0 N–H and O–H groups in total. The van der Waals surface area contributed by atoms with Crippen molar-refractivity contribution in [1.29, 1.82) is 0 Å². The van der Waals surface area contributed by atoms with Crippen LogP contribution in [0.15, 0.2) is 173 Å². The van der Waals surface area contributed by atoms with Crippen LogP contribution in [0.4, 0.5) is 17.1 Å². The maximum atomic E-state index is 6.68. The average Bonchev–Trinajstić information content (AvgIpc) is 3.87. The molecular formula is C46H27NO2S. The highest BCUT2D eigenvalue weighted by Gasteiger charge is 2.24. The molecule has 0 amide bonds. The third-order valence-corrected chi connectivity index (χ3v) is 11.2. The first-order chi connectivity index (χ1) is 24.8. The van der Waals surface area contributed by atoms with Crippen LogP contribution in [-0.2, 0) is 0 Å². The molecule has 0 unspecified atom stereocenters. The lowest BCUT2D eigenvalue weighted by atomic mass is 10.0. The number of benzene rings is 8. The fourth-order valence-corrected chi connectivity index (χ4v) is 8.87. The van der Waals surface area contributed by atoms with E-state index in [1.807, 2.05) is 18.2 Å². The van der Waals surface area contributed by atoms with Crippen molar-refractivity contribution in [1.82, 2.24) is 0 Å². The van der Waals surface area contributed by atoms with Crippen LogP contribution in [-0.4, -0.2) is 0 Å². The maximum absolute atomic E-state index is 6.68. The lowest BCUT2D eigenvalue weighted by molar-refractivity contribution is 0.669. The van der Waals surface area contributed by atoms with E-state index in [0.29, 0.717) is 0 Å². The largest absolute Gasteiger partial charge is 0.455 e. The van der Waals surface area contributed by atoms with E-state index >= 15 is 0 Å². The van der Waals surface area contributed by atoms with Gasteiger partial charge < -0.3 is 13.7 Å². The summed E-state index contributed by atoms with van der Waals surface area (Å²) in [4.78, 5) is 2.37. The van der Waals surface area contributed by atoms with Gasteiger partial charge in [0, 0.05) is 47.4 Å². The van der Waals surface area contributed by atoms with Gasteiger partial charge in [-0.1, -0.05) is 103 Å². The Kier molecular flexibility index (Phi) is 5.83. The number of fused-ring (bicyclic) bond motifs is 11. The third-order valence-electron chi connectivity index (χ3n) is 10.1. The van der Waals surface area contributed by atoms with Crippen molar-refractivity contribution < 1.29 is 8.83 Å². The highest BCUT2D eigenvalue weighted by molar-refractivity contribution is 7.26. The molecule has 0 radical (unpaired) electrons. The third kappa shape index (κ3) is 4.03. The van der Waals surface area contributed by atoms with Crippen molar-refractivity contribution in [3.63, 3.8) is 0 Å². The fraction of sp³-hybridized carbons (Fsp3) is 0. The molecule has 4 heteroatoms. The molecule has 0 aliphatic heterocycles. The molecular weight excluding hydrogens is 631 g/mol. The second kappa shape index (κ2) is 10.6. The molecule has 0 aliphatic carbocycles. The Bertz CT molecular complexity index is 3110. The Morgan fingerprint density at radius 2 is 1.02 bits per heavy atom. The minimum Gasteiger partial charge on any atom is -0.455 e. The van der Waals surface area contributed by atoms with Crippen molar-refractivity contribution in [3.05, 3.63) is 164 Å². The van der Waals surface area contributed by atoms with E-state index in [-0.39, 0.29) is 0 Å². The van der Waals surface area contributed by atoms with Crippen LogP contribution in [0.25, 0.3) is 85.9 Å². The summed E-state index contributed by atoms with van der Waals surface area (Å²) in [5.74, 6) is 0. The quantitative estimate of drug-likeness (QED) is 0.189. The van der Waals surface area contributed by atoms with Crippen LogP contribution in [0, 0.1) is 0 Å². The molecule has 11 rings (SSSR count). The topological polar surface area (TPSA) is 29.5 Å². The standard InChI is InChI=1S/C46H27NO2S/c1-2-10-30-27-31(20-19-28(30)9-1)29-21-23-32(24-22-29)47(38-15-7-13-35-33-11-3-5-16-39(33)48-45(35)38)37-14-8-18-41-43(37)44-42(50-41)26-25-36-34-12-4-6-17-40(34)49-46(36)44/h1-27H. The zero-order valence-corrected chi connectivity index (χ0v) is 27.6. The molecule has 0 saturated carbocycles. The van der Waals surface area contributed by atoms with Gasteiger partial charge in [0.15, 0.2) is 5.58 Å². The number of nitrogens with zero attached hydrogens (tertiary/aromatic N) is 1. The van der Waals surface area contributed by atoms with E-state index < -0.39 is 0 Å². The number of para-hydroxylation sites is 3. The zero-order chi connectivity index (χ0) is 32.8. The van der Waals surface area contributed by atoms with Crippen LogP contribution < -0.4 is 4.90 Å². The molecule has 3 aromatic heterocycles. The SMILES string of the molecule is c1ccc2cc(-c3ccc(N(c4cccc5c4oc4ccccc45)c4cccc5sc6ccc7c8ccccc8oc7c6c45)cc3)ccc2c1. The first-order valence-electron chi connectivity index (χ1n) is 16.8. The maximum Gasteiger partial charge on any atom is 0.159 e. The Morgan fingerprint density at radius 1 is 0.400 bits per heavy atom. The number of furan rings is 2. The normalized spacial score (nSPS) is 12.0. The predicted octanol–water partition coefficient (Wildman–Crippen LogP) is 14.1. The van der Waals surface area contributed by atoms with Crippen molar-refractivity contribution in [2.24, 2.45) is 0 Å². The average molecular weight is 658 g/mol. The summed E-state index contributed by atoms with van der Waals surface area (Å²) in [5, 5.41) is 9.26. The molecule has 0 aliphatic rings. The van der Waals surface area contributed by atoms with Gasteiger partial charge in [-0.15, -0.1) is 11.3 Å². The molecule has 50 heavy (non-hydrogen) atoms. The zero-order valence-electron chi connectivity index (χ0n) is 26.8. The van der Waals surface area contributed by atoms with E-state index in [1.165, 1.54) is 36.7 Å². The van der Waals surface area contributed by atoms with Gasteiger partial charge in [-0.25, -0.2) is 0 Å². The lowest BCUT2D eigenvalue weighted by Gasteiger charge is -2.26. The summed E-state index contributed by atoms with van der Waals surface area (Å²) >= 11 is 1.81. The lowest BCUT2D eigenvalue weighted by Crippen LogP contribution is -2.10. The summed E-state index contributed by atoms with van der Waals surface area (Å²) in [7, 11) is 0. The molecule has 11 aromatic rings. The van der Waals surface area contributed by atoms with Gasteiger partial charge in [-0.05, 0) is 82.6 Å². The van der Waals surface area contributed by atoms with Crippen LogP contribution >= 0.6 is 11.3 Å². The van der Waals surface area contributed by atoms with Crippen LogP contribution in [0.2, 0.25) is 0 Å². The molecule has 0 fully saturated rings. The Labute approximate surface area is 290 Å². The predicted molar refractivity (Wildman–Crippen MR) is 212 cm³/mol. The van der Waals surface area contributed by atoms with Gasteiger partial charge in [-0.2, -0.15) is 0 Å². The smallest absolute Gasteiger partial charge is 0.159 e. The fourth-order valence-electron chi connectivity index (χ4n) is 7.74. The highest BCUT2D eigenvalue weighted by Crippen LogP contribution is 2.50. The van der Waals surface area contributed by atoms with Gasteiger partial charge in [0.05, 0.1) is 11.4 Å². The summed E-state index contributed by atoms with van der Waals surface area (Å²) < 4.78 is 15.7. The molecule has 8 aromatic carbocycles. The van der Waals surface area contributed by atoms with Gasteiger partial charge >= 0.3 is 0 Å². The van der Waals surface area contributed by atoms with Gasteiger partial charge in [-0.3, -0.25) is 0 Å². The molecule has 234 valence electrons. The number of hydrogen-bond acceptors (Lipinski definition) is 4. The van der Waals surface area contributed by atoms with Crippen molar-refractivity contribution in [2.45, 2.75) is 0 Å². The van der Waals surface area contributed by atoms with Gasteiger partial charge in [0.1, 0.15) is 16.7 Å². The van der Waals surface area contributed by atoms with E-state index in [9.17, 15) is 0 Å². The van der Waals surface area contributed by atoms with E-state index in [0.717, 1.165) is 66.3 Å². The van der Waals surface area contributed by atoms with E-state index in [1.54, 1.807) is 11.3 Å². The minimum atomic E-state index is 0.859. The van der Waals surface area contributed by atoms with Crippen LogP contribution in [0.3, 0.4) is 0 Å². The Hall–Kier alpha value is -6.36. The molecule has 3 heterocycles.